The van der Waals surface area contributed by atoms with E-state index in [9.17, 15) is 4.39 Å². The highest BCUT2D eigenvalue weighted by molar-refractivity contribution is 9.10. The fourth-order valence-corrected chi connectivity index (χ4v) is 2.73. The summed E-state index contributed by atoms with van der Waals surface area (Å²) in [6.45, 7) is 4.83. The molecule has 0 saturated carbocycles. The lowest BCUT2D eigenvalue weighted by atomic mass is 10.2. The van der Waals surface area contributed by atoms with Crippen LogP contribution in [0.1, 0.15) is 5.56 Å². The molecule has 0 bridgehead atoms. The fourth-order valence-electron chi connectivity index (χ4n) is 2.26. The molecule has 0 unspecified atom stereocenters. The smallest absolute Gasteiger partial charge is 0.153 e. The maximum atomic E-state index is 13.0. The van der Waals surface area contributed by atoms with Crippen LogP contribution < -0.4 is 5.73 Å². The van der Waals surface area contributed by atoms with Gasteiger partial charge in [0.25, 0.3) is 0 Å². The van der Waals surface area contributed by atoms with E-state index in [1.807, 2.05) is 6.07 Å². The molecule has 3 N–H and O–H groups in total. The molecule has 0 spiro atoms. The van der Waals surface area contributed by atoms with Crippen LogP contribution in [-0.4, -0.2) is 53.6 Å². The van der Waals surface area contributed by atoms with Crippen LogP contribution in [0, 0.1) is 5.82 Å². The zero-order valence-electron chi connectivity index (χ0n) is 11.1. The molecule has 20 heavy (non-hydrogen) atoms. The maximum absolute atomic E-state index is 13.0. The fraction of sp³-hybridized carbons (Fsp3) is 0.462. The Bertz CT molecular complexity index is 489. The molecule has 1 fully saturated rings. The van der Waals surface area contributed by atoms with E-state index >= 15 is 0 Å². The third-order valence-corrected chi connectivity index (χ3v) is 4.13. The minimum atomic E-state index is -0.232. The number of amidine groups is 1. The van der Waals surface area contributed by atoms with Gasteiger partial charge in [-0.1, -0.05) is 27.2 Å². The molecular weight excluding hydrogens is 327 g/mol. The van der Waals surface area contributed by atoms with Crippen LogP contribution in [0.3, 0.4) is 0 Å². The van der Waals surface area contributed by atoms with Gasteiger partial charge < -0.3 is 10.9 Å². The molecule has 0 radical (unpaired) electrons. The van der Waals surface area contributed by atoms with E-state index in [2.05, 4.69) is 30.9 Å². The third kappa shape index (κ3) is 4.16. The number of benzene rings is 1. The Labute approximate surface area is 126 Å². The lowest BCUT2D eigenvalue weighted by molar-refractivity contribution is 0.138. The summed E-state index contributed by atoms with van der Waals surface area (Å²) in [6, 6.07) is 4.78. The molecule has 1 saturated heterocycles. The van der Waals surface area contributed by atoms with Crippen molar-refractivity contribution in [2.24, 2.45) is 10.9 Å². The number of halogens is 2. The largest absolute Gasteiger partial charge is 0.409 e. The molecule has 0 aromatic heterocycles. The van der Waals surface area contributed by atoms with Gasteiger partial charge in [-0.25, -0.2) is 4.39 Å². The molecule has 0 atom stereocenters. The van der Waals surface area contributed by atoms with Gasteiger partial charge in [-0.2, -0.15) is 0 Å². The van der Waals surface area contributed by atoms with Crippen LogP contribution in [0.4, 0.5) is 4.39 Å². The summed E-state index contributed by atoms with van der Waals surface area (Å²) in [4.78, 5) is 4.45. The van der Waals surface area contributed by atoms with Gasteiger partial charge in [0.05, 0.1) is 6.54 Å². The van der Waals surface area contributed by atoms with E-state index in [0.717, 1.165) is 42.8 Å². The van der Waals surface area contributed by atoms with E-state index in [4.69, 9.17) is 10.9 Å². The van der Waals surface area contributed by atoms with Crippen LogP contribution in [0.2, 0.25) is 0 Å². The molecule has 1 aromatic rings. The first kappa shape index (κ1) is 15.2. The summed E-state index contributed by atoms with van der Waals surface area (Å²) in [5.74, 6) is 0.00365. The standard InChI is InChI=1S/C13H18BrFN4O/c14-12-7-11(15)2-1-10(12)8-18-3-5-19(6-4-18)9-13(16)17-20/h1-2,7,20H,3-6,8-9H2,(H2,16,17). The van der Waals surface area contributed by atoms with Gasteiger partial charge in [0.1, 0.15) is 5.82 Å². The van der Waals surface area contributed by atoms with Crippen molar-refractivity contribution in [3.05, 3.63) is 34.1 Å². The Morgan fingerprint density at radius 2 is 1.95 bits per heavy atom. The van der Waals surface area contributed by atoms with Crippen molar-refractivity contribution in [3.63, 3.8) is 0 Å². The van der Waals surface area contributed by atoms with Gasteiger partial charge in [-0.05, 0) is 17.7 Å². The Morgan fingerprint density at radius 1 is 1.30 bits per heavy atom. The van der Waals surface area contributed by atoms with E-state index in [1.54, 1.807) is 0 Å². The predicted octanol–water partition coefficient (Wildman–Crippen LogP) is 1.45. The number of piperazine rings is 1. The second-order valence-electron chi connectivity index (χ2n) is 4.88. The van der Waals surface area contributed by atoms with E-state index < -0.39 is 0 Å². The lowest BCUT2D eigenvalue weighted by Gasteiger charge is -2.34. The molecule has 0 aliphatic carbocycles. The summed E-state index contributed by atoms with van der Waals surface area (Å²) < 4.78 is 13.8. The van der Waals surface area contributed by atoms with Crippen LogP contribution in [0.5, 0.6) is 0 Å². The predicted molar refractivity (Wildman–Crippen MR) is 79.2 cm³/mol. The summed E-state index contributed by atoms with van der Waals surface area (Å²) in [5.41, 5.74) is 6.58. The van der Waals surface area contributed by atoms with Gasteiger partial charge in [0.15, 0.2) is 5.84 Å². The highest BCUT2D eigenvalue weighted by Crippen LogP contribution is 2.20. The molecule has 1 aromatic carbocycles. The quantitative estimate of drug-likeness (QED) is 0.375. The van der Waals surface area contributed by atoms with Crippen molar-refractivity contribution in [2.45, 2.75) is 6.54 Å². The summed E-state index contributed by atoms with van der Waals surface area (Å²) in [7, 11) is 0. The zero-order chi connectivity index (χ0) is 14.5. The maximum Gasteiger partial charge on any atom is 0.153 e. The van der Waals surface area contributed by atoms with E-state index in [1.165, 1.54) is 12.1 Å². The van der Waals surface area contributed by atoms with Gasteiger partial charge >= 0.3 is 0 Å². The number of oxime groups is 1. The van der Waals surface area contributed by atoms with Crippen LogP contribution in [0.15, 0.2) is 27.8 Å². The van der Waals surface area contributed by atoms with Crippen LogP contribution in [-0.2, 0) is 6.54 Å². The van der Waals surface area contributed by atoms with Crippen molar-refractivity contribution in [1.82, 2.24) is 9.80 Å². The zero-order valence-corrected chi connectivity index (χ0v) is 12.7. The monoisotopic (exact) mass is 344 g/mol. The molecule has 5 nitrogen and oxygen atoms in total. The third-order valence-electron chi connectivity index (χ3n) is 3.39. The second-order valence-corrected chi connectivity index (χ2v) is 5.73. The minimum Gasteiger partial charge on any atom is -0.409 e. The van der Waals surface area contributed by atoms with Gasteiger partial charge in [-0.3, -0.25) is 9.80 Å². The number of rotatable bonds is 4. The normalized spacial score (nSPS) is 18.4. The Morgan fingerprint density at radius 3 is 2.55 bits per heavy atom. The average molecular weight is 345 g/mol. The first-order chi connectivity index (χ1) is 9.58. The Kier molecular flexibility index (Phi) is 5.33. The first-order valence-corrected chi connectivity index (χ1v) is 7.23. The Balaban J connectivity index is 1.85. The highest BCUT2D eigenvalue weighted by Gasteiger charge is 2.18. The molecule has 110 valence electrons. The number of hydrogen-bond acceptors (Lipinski definition) is 4. The molecule has 1 aliphatic heterocycles. The van der Waals surface area contributed by atoms with Crippen LogP contribution in [0.25, 0.3) is 0 Å². The van der Waals surface area contributed by atoms with Crippen molar-refractivity contribution in [3.8, 4) is 0 Å². The number of hydrogen-bond donors (Lipinski definition) is 2. The molecule has 0 amide bonds. The van der Waals surface area contributed by atoms with Gasteiger partial charge in [0.2, 0.25) is 0 Å². The van der Waals surface area contributed by atoms with Crippen LogP contribution >= 0.6 is 15.9 Å². The number of nitrogens with two attached hydrogens (primary N) is 1. The van der Waals surface area contributed by atoms with Crippen molar-refractivity contribution in [2.75, 3.05) is 32.7 Å². The summed E-state index contributed by atoms with van der Waals surface area (Å²) in [5, 5.41) is 11.5. The van der Waals surface area contributed by atoms with Crippen molar-refractivity contribution >= 4 is 21.8 Å². The van der Waals surface area contributed by atoms with E-state index in [0.29, 0.717) is 6.54 Å². The lowest BCUT2D eigenvalue weighted by Crippen LogP contribution is -2.48. The minimum absolute atomic E-state index is 0.232. The topological polar surface area (TPSA) is 65.1 Å². The first-order valence-electron chi connectivity index (χ1n) is 6.43. The average Bonchev–Trinajstić information content (AvgIpc) is 2.44. The molecular formula is C13H18BrFN4O. The molecule has 1 aliphatic rings. The van der Waals surface area contributed by atoms with Crippen molar-refractivity contribution < 1.29 is 9.60 Å². The second kappa shape index (κ2) is 7.01. The molecule has 2 rings (SSSR count). The summed E-state index contributed by atoms with van der Waals surface area (Å²) in [6.07, 6.45) is 0. The van der Waals surface area contributed by atoms with E-state index in [-0.39, 0.29) is 11.7 Å². The Hall–Kier alpha value is -1.18. The van der Waals surface area contributed by atoms with Gasteiger partial charge in [0, 0.05) is 37.2 Å². The molecule has 1 heterocycles. The van der Waals surface area contributed by atoms with Crippen molar-refractivity contribution in [1.29, 1.82) is 0 Å². The highest BCUT2D eigenvalue weighted by atomic mass is 79.9. The van der Waals surface area contributed by atoms with Gasteiger partial charge in [-0.15, -0.1) is 0 Å². The number of nitrogens with zero attached hydrogens (tertiary/aromatic N) is 3. The SMILES string of the molecule is NC(CN1CCN(Cc2ccc(F)cc2Br)CC1)=NO. The summed E-state index contributed by atoms with van der Waals surface area (Å²) >= 11 is 3.39. The molecule has 7 heteroatoms.